The summed E-state index contributed by atoms with van der Waals surface area (Å²) in [6.45, 7) is 15.5. The molecule has 1 aliphatic heterocycles. The highest BCUT2D eigenvalue weighted by atomic mass is 31.1. The van der Waals surface area contributed by atoms with E-state index in [-0.39, 0.29) is 10.3 Å². The molecule has 0 atom stereocenters. The van der Waals surface area contributed by atoms with Gasteiger partial charge in [0.25, 0.3) is 0 Å². The minimum Gasteiger partial charge on any atom is -0.496 e. The van der Waals surface area contributed by atoms with Gasteiger partial charge >= 0.3 is 0 Å². The summed E-state index contributed by atoms with van der Waals surface area (Å²) in [7, 11) is 2.75. The number of ketones is 1. The number of aryl methyl sites for hydroxylation is 3. The van der Waals surface area contributed by atoms with E-state index >= 15 is 0 Å². The number of methoxy groups -OCH3 is 2. The van der Waals surface area contributed by atoms with Crippen LogP contribution in [0.3, 0.4) is 0 Å². The molecule has 3 nitrogen and oxygen atoms in total. The molecular weight excluding hydrogens is 391 g/mol. The number of benzene rings is 2. The minimum absolute atomic E-state index is 0.130. The molecule has 162 valence electrons. The van der Waals surface area contributed by atoms with Crippen LogP contribution in [0, 0.1) is 20.8 Å². The predicted molar refractivity (Wildman–Crippen MR) is 128 cm³/mol. The lowest BCUT2D eigenvalue weighted by atomic mass is 9.93. The lowest BCUT2D eigenvalue weighted by Crippen LogP contribution is -2.44. The second-order valence-corrected chi connectivity index (χ2v) is 13.4. The van der Waals surface area contributed by atoms with E-state index in [4.69, 9.17) is 9.47 Å². The molecule has 1 fully saturated rings. The maximum Gasteiger partial charge on any atom is 0.134 e. The summed E-state index contributed by atoms with van der Waals surface area (Å²) in [5, 5.41) is 0.967. The van der Waals surface area contributed by atoms with Gasteiger partial charge in [-0.3, -0.25) is 4.79 Å². The van der Waals surface area contributed by atoms with E-state index in [0.717, 1.165) is 17.1 Å². The Morgan fingerprint density at radius 3 is 1.73 bits per heavy atom. The van der Waals surface area contributed by atoms with E-state index in [0.29, 0.717) is 18.6 Å². The van der Waals surface area contributed by atoms with Gasteiger partial charge in [-0.1, -0.05) is 53.3 Å². The van der Waals surface area contributed by atoms with Crippen molar-refractivity contribution in [2.24, 2.45) is 0 Å². The standard InChI is InChI=1S/C26H35O3P/c1-16-12-17(2)22(18(3)13-16)23-20(28-8)10-11-21(29-9)24(23)30-25(4,5)14-19(27)15-26(30,6)7/h10-13H,14-15H2,1-9H3. The van der Waals surface area contributed by atoms with Crippen LogP contribution >= 0.6 is 7.92 Å². The normalized spacial score (nSPS) is 18.4. The van der Waals surface area contributed by atoms with Crippen LogP contribution in [0.15, 0.2) is 24.3 Å². The quantitative estimate of drug-likeness (QED) is 0.537. The van der Waals surface area contributed by atoms with Crippen molar-refractivity contribution in [3.8, 4) is 22.6 Å². The van der Waals surface area contributed by atoms with Gasteiger partial charge in [0.05, 0.1) is 14.2 Å². The zero-order valence-corrected chi connectivity index (χ0v) is 20.8. The van der Waals surface area contributed by atoms with Crippen molar-refractivity contribution in [2.75, 3.05) is 14.2 Å². The molecule has 30 heavy (non-hydrogen) atoms. The fraction of sp³-hybridized carbons (Fsp3) is 0.500. The molecule has 2 aromatic rings. The van der Waals surface area contributed by atoms with E-state index in [1.165, 1.54) is 27.6 Å². The summed E-state index contributed by atoms with van der Waals surface area (Å²) in [6, 6.07) is 8.51. The molecule has 1 aliphatic rings. The second-order valence-electron chi connectivity index (χ2n) is 9.82. The Balaban J connectivity index is 2.45. The predicted octanol–water partition coefficient (Wildman–Crippen LogP) is 6.32. The third-order valence-corrected chi connectivity index (χ3v) is 9.79. The van der Waals surface area contributed by atoms with E-state index < -0.39 is 7.92 Å². The average molecular weight is 427 g/mol. The number of carbonyl (C=O) groups is 1. The summed E-state index contributed by atoms with van der Waals surface area (Å²) in [5.74, 6) is 2.12. The van der Waals surface area contributed by atoms with E-state index in [1.54, 1.807) is 14.2 Å². The highest BCUT2D eigenvalue weighted by Gasteiger charge is 2.49. The van der Waals surface area contributed by atoms with Gasteiger partial charge in [-0.2, -0.15) is 0 Å². The lowest BCUT2D eigenvalue weighted by molar-refractivity contribution is -0.120. The Kier molecular flexibility index (Phi) is 6.09. The molecule has 1 saturated heterocycles. The van der Waals surface area contributed by atoms with Crippen LogP contribution in [0.1, 0.15) is 57.2 Å². The van der Waals surface area contributed by atoms with Crippen LogP contribution in [0.25, 0.3) is 11.1 Å². The van der Waals surface area contributed by atoms with E-state index in [1.807, 2.05) is 12.1 Å². The molecule has 3 rings (SSSR count). The van der Waals surface area contributed by atoms with Crippen molar-refractivity contribution in [1.29, 1.82) is 0 Å². The van der Waals surface area contributed by atoms with Gasteiger partial charge in [0, 0.05) is 23.7 Å². The van der Waals surface area contributed by atoms with Crippen LogP contribution in [0.2, 0.25) is 0 Å². The van der Waals surface area contributed by atoms with E-state index in [9.17, 15) is 4.79 Å². The van der Waals surface area contributed by atoms with Crippen LogP contribution < -0.4 is 14.8 Å². The van der Waals surface area contributed by atoms with Crippen molar-refractivity contribution in [2.45, 2.75) is 71.6 Å². The van der Waals surface area contributed by atoms with Crippen molar-refractivity contribution >= 4 is 19.0 Å². The Morgan fingerprint density at radius 1 is 0.800 bits per heavy atom. The molecule has 0 N–H and O–H groups in total. The maximum atomic E-state index is 12.6. The first-order valence-corrected chi connectivity index (χ1v) is 11.9. The molecule has 0 aliphatic carbocycles. The molecule has 2 aromatic carbocycles. The number of Topliss-reactive ketones (excluding diaryl/α,β-unsaturated/α-hetero) is 1. The highest BCUT2D eigenvalue weighted by molar-refractivity contribution is 7.69. The van der Waals surface area contributed by atoms with Gasteiger partial charge in [0.1, 0.15) is 17.3 Å². The van der Waals surface area contributed by atoms with Crippen molar-refractivity contribution < 1.29 is 14.3 Å². The smallest absolute Gasteiger partial charge is 0.134 e. The third kappa shape index (κ3) is 3.89. The molecule has 0 aromatic heterocycles. The molecule has 1 heterocycles. The summed E-state index contributed by atoms with van der Waals surface area (Å²) >= 11 is 0. The van der Waals surface area contributed by atoms with Gasteiger partial charge in [0.15, 0.2) is 0 Å². The largest absolute Gasteiger partial charge is 0.496 e. The van der Waals surface area contributed by atoms with E-state index in [2.05, 4.69) is 60.6 Å². The van der Waals surface area contributed by atoms with Gasteiger partial charge in [-0.05, 0) is 59.9 Å². The van der Waals surface area contributed by atoms with Crippen LogP contribution in [-0.2, 0) is 4.79 Å². The van der Waals surface area contributed by atoms with Gasteiger partial charge < -0.3 is 9.47 Å². The fourth-order valence-corrected chi connectivity index (χ4v) is 9.89. The van der Waals surface area contributed by atoms with Crippen molar-refractivity contribution in [3.63, 3.8) is 0 Å². The zero-order chi connectivity index (χ0) is 22.4. The summed E-state index contributed by atoms with van der Waals surface area (Å²) in [5.41, 5.74) is 6.08. The fourth-order valence-electron chi connectivity index (χ4n) is 5.54. The number of hydrogen-bond acceptors (Lipinski definition) is 3. The molecular formula is C26H35O3P. The highest BCUT2D eigenvalue weighted by Crippen LogP contribution is 2.66. The SMILES string of the molecule is COc1ccc(OC)c(P2C(C)(C)CC(=O)CC2(C)C)c1-c1c(C)cc(C)cc1C. The third-order valence-electron chi connectivity index (χ3n) is 6.16. The maximum absolute atomic E-state index is 12.6. The molecule has 0 unspecified atom stereocenters. The zero-order valence-electron chi connectivity index (χ0n) is 19.9. The van der Waals surface area contributed by atoms with Crippen molar-refractivity contribution in [1.82, 2.24) is 0 Å². The van der Waals surface area contributed by atoms with Gasteiger partial charge in [-0.15, -0.1) is 0 Å². The van der Waals surface area contributed by atoms with Crippen LogP contribution in [0.4, 0.5) is 0 Å². The average Bonchev–Trinajstić information content (AvgIpc) is 2.59. The van der Waals surface area contributed by atoms with Crippen LogP contribution in [0.5, 0.6) is 11.5 Å². The molecule has 0 bridgehead atoms. The number of hydrogen-bond donors (Lipinski definition) is 0. The number of rotatable bonds is 4. The summed E-state index contributed by atoms with van der Waals surface area (Å²) in [6.07, 6.45) is 1.21. The minimum atomic E-state index is -0.731. The summed E-state index contributed by atoms with van der Waals surface area (Å²) < 4.78 is 11.9. The Labute approximate surface area is 182 Å². The number of carbonyl (C=O) groups excluding carboxylic acids is 1. The lowest BCUT2D eigenvalue weighted by Gasteiger charge is -2.50. The molecule has 0 amide bonds. The number of ether oxygens (including phenoxy) is 2. The topological polar surface area (TPSA) is 35.5 Å². The Hall–Kier alpha value is -1.86. The summed E-state index contributed by atoms with van der Waals surface area (Å²) in [4.78, 5) is 12.6. The van der Waals surface area contributed by atoms with Crippen molar-refractivity contribution in [3.05, 3.63) is 41.0 Å². The van der Waals surface area contributed by atoms with Crippen LogP contribution in [-0.4, -0.2) is 30.3 Å². The molecule has 0 radical (unpaired) electrons. The molecule has 0 spiro atoms. The Bertz CT molecular complexity index is 945. The first kappa shape index (κ1) is 22.8. The molecule has 0 saturated carbocycles. The van der Waals surface area contributed by atoms with Gasteiger partial charge in [0.2, 0.25) is 0 Å². The monoisotopic (exact) mass is 426 g/mol. The second kappa shape index (κ2) is 8.00. The Morgan fingerprint density at radius 2 is 1.27 bits per heavy atom. The first-order valence-electron chi connectivity index (χ1n) is 10.6. The van der Waals surface area contributed by atoms with Gasteiger partial charge in [-0.25, -0.2) is 0 Å². The molecule has 4 heteroatoms. The first-order chi connectivity index (χ1) is 13.9.